The average molecular weight is 340 g/mol. The van der Waals surface area contributed by atoms with Crippen LogP contribution >= 0.6 is 0 Å². The quantitative estimate of drug-likeness (QED) is 0.651. The van der Waals surface area contributed by atoms with Gasteiger partial charge in [-0.2, -0.15) is 0 Å². The standard InChI is InChI=1S/C14H20O2.C8H8O/c1-5-13-6-8-14(9-7-13)16-12(4)15-10-11(2)3;1-2-7-3-5-8(9)6-4-7/h5-9,11-12H,1,10H2,2-4H3;2-6,9H,1H2. The van der Waals surface area contributed by atoms with Crippen LogP contribution in [0.3, 0.4) is 0 Å². The third-order valence-corrected chi connectivity index (χ3v) is 3.21. The van der Waals surface area contributed by atoms with Crippen LogP contribution in [0.4, 0.5) is 0 Å². The molecule has 1 N–H and O–H groups in total. The summed E-state index contributed by atoms with van der Waals surface area (Å²) in [6.45, 7) is 14.1. The highest BCUT2D eigenvalue weighted by Gasteiger charge is 2.04. The van der Waals surface area contributed by atoms with E-state index in [1.807, 2.05) is 49.4 Å². The van der Waals surface area contributed by atoms with Gasteiger partial charge in [0, 0.05) is 0 Å². The molecule has 0 fully saturated rings. The second kappa shape index (κ2) is 11.1. The van der Waals surface area contributed by atoms with Gasteiger partial charge in [0.2, 0.25) is 0 Å². The first-order valence-corrected chi connectivity index (χ1v) is 8.36. The molecule has 0 aliphatic heterocycles. The van der Waals surface area contributed by atoms with Crippen LogP contribution in [0.25, 0.3) is 12.2 Å². The van der Waals surface area contributed by atoms with Gasteiger partial charge in [0.05, 0.1) is 6.61 Å². The van der Waals surface area contributed by atoms with Crippen LogP contribution < -0.4 is 4.74 Å². The van der Waals surface area contributed by atoms with E-state index in [0.29, 0.717) is 18.3 Å². The summed E-state index contributed by atoms with van der Waals surface area (Å²) in [4.78, 5) is 0. The zero-order valence-corrected chi connectivity index (χ0v) is 15.3. The van der Waals surface area contributed by atoms with E-state index < -0.39 is 0 Å². The summed E-state index contributed by atoms with van der Waals surface area (Å²) >= 11 is 0. The average Bonchev–Trinajstić information content (AvgIpc) is 2.62. The second-order valence-electron chi connectivity index (χ2n) is 5.98. The van der Waals surface area contributed by atoms with Gasteiger partial charge in [-0.3, -0.25) is 0 Å². The molecule has 25 heavy (non-hydrogen) atoms. The SMILES string of the molecule is C=Cc1ccc(O)cc1.C=Cc1ccc(OC(C)OCC(C)C)cc1. The predicted molar refractivity (Wildman–Crippen MR) is 106 cm³/mol. The Bertz CT molecular complexity index is 627. The number of ether oxygens (including phenoxy) is 2. The first-order chi connectivity index (χ1) is 11.9. The summed E-state index contributed by atoms with van der Waals surface area (Å²) < 4.78 is 11.1. The zero-order valence-electron chi connectivity index (χ0n) is 15.3. The number of phenolic OH excluding ortho intramolecular Hbond substituents is 1. The Morgan fingerprint density at radius 2 is 1.36 bits per heavy atom. The van der Waals surface area contributed by atoms with Gasteiger partial charge in [0.15, 0.2) is 6.29 Å². The van der Waals surface area contributed by atoms with Gasteiger partial charge in [-0.1, -0.05) is 63.4 Å². The molecule has 0 heterocycles. The van der Waals surface area contributed by atoms with Gasteiger partial charge in [-0.15, -0.1) is 0 Å². The third kappa shape index (κ3) is 8.77. The molecular formula is C22H28O3. The van der Waals surface area contributed by atoms with E-state index in [1.54, 1.807) is 18.2 Å². The molecule has 0 spiro atoms. The minimum atomic E-state index is -0.211. The summed E-state index contributed by atoms with van der Waals surface area (Å²) in [6, 6.07) is 14.7. The Morgan fingerprint density at radius 3 is 1.80 bits per heavy atom. The fourth-order valence-corrected chi connectivity index (χ4v) is 1.85. The second-order valence-corrected chi connectivity index (χ2v) is 5.98. The highest BCUT2D eigenvalue weighted by molar-refractivity contribution is 5.48. The normalized spacial score (nSPS) is 11.2. The van der Waals surface area contributed by atoms with Crippen LogP contribution in [0.15, 0.2) is 61.7 Å². The molecule has 2 aromatic rings. The summed E-state index contributed by atoms with van der Waals surface area (Å²) in [7, 11) is 0. The topological polar surface area (TPSA) is 38.7 Å². The van der Waals surface area contributed by atoms with Crippen LogP contribution in [0.2, 0.25) is 0 Å². The molecule has 0 saturated carbocycles. The van der Waals surface area contributed by atoms with Crippen molar-refractivity contribution in [3.63, 3.8) is 0 Å². The van der Waals surface area contributed by atoms with E-state index in [9.17, 15) is 0 Å². The summed E-state index contributed by atoms with van der Waals surface area (Å²) in [5, 5.41) is 8.82. The fraction of sp³-hybridized carbons (Fsp3) is 0.273. The molecule has 134 valence electrons. The molecule has 0 radical (unpaired) electrons. The monoisotopic (exact) mass is 340 g/mol. The van der Waals surface area contributed by atoms with Crippen molar-refractivity contribution in [2.45, 2.75) is 27.1 Å². The molecule has 0 bridgehead atoms. The summed E-state index contributed by atoms with van der Waals surface area (Å²) in [5.74, 6) is 1.64. The van der Waals surface area contributed by atoms with Crippen molar-refractivity contribution in [1.82, 2.24) is 0 Å². The number of benzene rings is 2. The van der Waals surface area contributed by atoms with Crippen LogP contribution in [0.1, 0.15) is 31.9 Å². The molecular weight excluding hydrogens is 312 g/mol. The number of aromatic hydroxyl groups is 1. The van der Waals surface area contributed by atoms with Crippen LogP contribution in [0.5, 0.6) is 11.5 Å². The smallest absolute Gasteiger partial charge is 0.196 e. The molecule has 0 saturated heterocycles. The first kappa shape index (κ1) is 20.5. The first-order valence-electron chi connectivity index (χ1n) is 8.36. The van der Waals surface area contributed by atoms with Gasteiger partial charge in [-0.25, -0.2) is 0 Å². The molecule has 0 aliphatic rings. The van der Waals surface area contributed by atoms with Gasteiger partial charge in [0.25, 0.3) is 0 Å². The van der Waals surface area contributed by atoms with Crippen molar-refractivity contribution in [1.29, 1.82) is 0 Å². The van der Waals surface area contributed by atoms with Crippen molar-refractivity contribution in [2.75, 3.05) is 6.61 Å². The largest absolute Gasteiger partial charge is 0.508 e. The minimum absolute atomic E-state index is 0.211. The Labute approximate surface area is 151 Å². The lowest BCUT2D eigenvalue weighted by Gasteiger charge is -2.16. The van der Waals surface area contributed by atoms with Crippen LogP contribution in [0, 0.1) is 5.92 Å². The molecule has 2 rings (SSSR count). The Kier molecular flexibility index (Phi) is 9.12. The highest BCUT2D eigenvalue weighted by Crippen LogP contribution is 2.15. The lowest BCUT2D eigenvalue weighted by atomic mass is 10.2. The van der Waals surface area contributed by atoms with Crippen molar-refractivity contribution in [2.24, 2.45) is 5.92 Å². The van der Waals surface area contributed by atoms with Crippen molar-refractivity contribution in [3.8, 4) is 11.5 Å². The van der Waals surface area contributed by atoms with E-state index in [1.165, 1.54) is 0 Å². The molecule has 1 unspecified atom stereocenters. The maximum atomic E-state index is 8.82. The van der Waals surface area contributed by atoms with Crippen molar-refractivity contribution in [3.05, 3.63) is 72.8 Å². The van der Waals surface area contributed by atoms with Crippen molar-refractivity contribution < 1.29 is 14.6 Å². The van der Waals surface area contributed by atoms with E-state index >= 15 is 0 Å². The molecule has 3 nitrogen and oxygen atoms in total. The lowest BCUT2D eigenvalue weighted by Crippen LogP contribution is -2.18. The minimum Gasteiger partial charge on any atom is -0.508 e. The molecule has 3 heteroatoms. The van der Waals surface area contributed by atoms with E-state index in [2.05, 4.69) is 27.0 Å². The van der Waals surface area contributed by atoms with Gasteiger partial charge in [-0.05, 0) is 48.2 Å². The van der Waals surface area contributed by atoms with Crippen LogP contribution in [-0.2, 0) is 4.74 Å². The number of rotatable bonds is 7. The lowest BCUT2D eigenvalue weighted by molar-refractivity contribution is -0.0755. The van der Waals surface area contributed by atoms with Gasteiger partial charge < -0.3 is 14.6 Å². The fourth-order valence-electron chi connectivity index (χ4n) is 1.85. The van der Waals surface area contributed by atoms with Gasteiger partial charge in [0.1, 0.15) is 11.5 Å². The molecule has 0 aromatic heterocycles. The molecule has 1 atom stereocenters. The highest BCUT2D eigenvalue weighted by atomic mass is 16.7. The Morgan fingerprint density at radius 1 is 0.880 bits per heavy atom. The molecule has 0 amide bonds. The maximum absolute atomic E-state index is 8.82. The molecule has 2 aromatic carbocycles. The Balaban J connectivity index is 0.000000293. The van der Waals surface area contributed by atoms with E-state index in [-0.39, 0.29) is 6.29 Å². The number of phenols is 1. The van der Waals surface area contributed by atoms with Crippen LogP contribution in [-0.4, -0.2) is 18.0 Å². The predicted octanol–water partition coefficient (Wildman–Crippen LogP) is 5.76. The Hall–Kier alpha value is -2.52. The summed E-state index contributed by atoms with van der Waals surface area (Å²) in [6.07, 6.45) is 3.33. The third-order valence-electron chi connectivity index (χ3n) is 3.21. The van der Waals surface area contributed by atoms with E-state index in [4.69, 9.17) is 14.6 Å². The number of hydrogen-bond acceptors (Lipinski definition) is 3. The molecule has 0 aliphatic carbocycles. The number of hydrogen-bond donors (Lipinski definition) is 1. The zero-order chi connectivity index (χ0) is 18.7. The summed E-state index contributed by atoms with van der Waals surface area (Å²) in [5.41, 5.74) is 2.11. The van der Waals surface area contributed by atoms with Gasteiger partial charge >= 0.3 is 0 Å². The van der Waals surface area contributed by atoms with Crippen molar-refractivity contribution >= 4 is 12.2 Å². The van der Waals surface area contributed by atoms with E-state index in [0.717, 1.165) is 16.9 Å². The maximum Gasteiger partial charge on any atom is 0.196 e.